The number of allylic oxidation sites excluding steroid dienone is 3. The van der Waals surface area contributed by atoms with Gasteiger partial charge in [0.1, 0.15) is 0 Å². The summed E-state index contributed by atoms with van der Waals surface area (Å²) in [6.07, 6.45) is 10.4. The predicted octanol–water partition coefficient (Wildman–Crippen LogP) is 7.17. The largest absolute Gasteiger partial charge is 0.0998 e. The van der Waals surface area contributed by atoms with E-state index in [1.165, 1.54) is 44.1 Å². The standard InChI is InChI=1S/C15H26.2C2H6/c1-12(2)7-5-6-8-15(13(3)4)11-14-9-10-14;2*1-2/h9,12,15H,3,5-8,10-11H2,1-2,4H3;2*1-2H3. The smallest absolute Gasteiger partial charge is 0.0136 e. The summed E-state index contributed by atoms with van der Waals surface area (Å²) in [6.45, 7) is 18.9. The van der Waals surface area contributed by atoms with Crippen LogP contribution in [0.15, 0.2) is 23.8 Å². The molecule has 0 heterocycles. The first-order valence-corrected chi connectivity index (χ1v) is 8.43. The Morgan fingerprint density at radius 3 is 1.95 bits per heavy atom. The van der Waals surface area contributed by atoms with Gasteiger partial charge in [0, 0.05) is 0 Å². The molecule has 1 unspecified atom stereocenters. The van der Waals surface area contributed by atoms with Gasteiger partial charge in [-0.25, -0.2) is 0 Å². The minimum atomic E-state index is 0.755. The maximum absolute atomic E-state index is 4.12. The van der Waals surface area contributed by atoms with Crippen LogP contribution >= 0.6 is 0 Å². The van der Waals surface area contributed by atoms with E-state index in [0.29, 0.717) is 0 Å². The summed E-state index contributed by atoms with van der Waals surface area (Å²) in [7, 11) is 0. The van der Waals surface area contributed by atoms with Gasteiger partial charge in [-0.1, -0.05) is 84.6 Å². The maximum Gasteiger partial charge on any atom is -0.0136 e. The van der Waals surface area contributed by atoms with Crippen molar-refractivity contribution in [2.75, 3.05) is 0 Å². The molecule has 0 spiro atoms. The Morgan fingerprint density at radius 2 is 1.58 bits per heavy atom. The molecule has 114 valence electrons. The maximum atomic E-state index is 4.12. The van der Waals surface area contributed by atoms with E-state index in [1.54, 1.807) is 5.57 Å². The Bertz CT molecular complexity index is 232. The Labute approximate surface area is 123 Å². The van der Waals surface area contributed by atoms with Gasteiger partial charge in [0.2, 0.25) is 0 Å². The molecule has 1 aliphatic rings. The van der Waals surface area contributed by atoms with Crippen molar-refractivity contribution in [3.05, 3.63) is 23.8 Å². The van der Waals surface area contributed by atoms with Gasteiger partial charge in [0.15, 0.2) is 0 Å². The average Bonchev–Trinajstić information content (AvgIpc) is 3.21. The fourth-order valence-corrected chi connectivity index (χ4v) is 2.02. The van der Waals surface area contributed by atoms with Crippen molar-refractivity contribution in [1.29, 1.82) is 0 Å². The normalized spacial score (nSPS) is 13.6. The molecule has 0 radical (unpaired) electrons. The zero-order valence-electron chi connectivity index (χ0n) is 14.7. The number of hydrogen-bond acceptors (Lipinski definition) is 0. The van der Waals surface area contributed by atoms with E-state index in [4.69, 9.17) is 0 Å². The Kier molecular flexibility index (Phi) is 15.2. The van der Waals surface area contributed by atoms with Crippen molar-refractivity contribution in [3.8, 4) is 0 Å². The Hall–Kier alpha value is -0.520. The second-order valence-corrected chi connectivity index (χ2v) is 5.49. The third kappa shape index (κ3) is 13.7. The van der Waals surface area contributed by atoms with Gasteiger partial charge in [-0.05, 0) is 38.0 Å². The van der Waals surface area contributed by atoms with E-state index in [-0.39, 0.29) is 0 Å². The highest BCUT2D eigenvalue weighted by Gasteiger charge is 2.15. The van der Waals surface area contributed by atoms with Crippen LogP contribution < -0.4 is 0 Å². The van der Waals surface area contributed by atoms with Gasteiger partial charge in [-0.3, -0.25) is 0 Å². The van der Waals surface area contributed by atoms with Gasteiger partial charge < -0.3 is 0 Å². The first-order chi connectivity index (χ1) is 9.09. The van der Waals surface area contributed by atoms with E-state index in [2.05, 4.69) is 33.4 Å². The molecular weight excluding hydrogens is 228 g/mol. The molecule has 0 saturated heterocycles. The third-order valence-electron chi connectivity index (χ3n) is 3.28. The summed E-state index contributed by atoms with van der Waals surface area (Å²) < 4.78 is 0. The quantitative estimate of drug-likeness (QED) is 0.323. The van der Waals surface area contributed by atoms with Crippen LogP contribution in [-0.4, -0.2) is 0 Å². The summed E-state index contributed by atoms with van der Waals surface area (Å²) in [4.78, 5) is 0. The number of rotatable bonds is 8. The Morgan fingerprint density at radius 1 is 1.11 bits per heavy atom. The number of unbranched alkanes of at least 4 members (excludes halogenated alkanes) is 1. The monoisotopic (exact) mass is 266 g/mol. The SMILES string of the molecule is C=C(C)C(CCCCC(C)C)CC1=CC1.CC.CC. The fourth-order valence-electron chi connectivity index (χ4n) is 2.02. The van der Waals surface area contributed by atoms with Crippen LogP contribution in [0.25, 0.3) is 0 Å². The van der Waals surface area contributed by atoms with Crippen LogP contribution in [0.2, 0.25) is 0 Å². The number of hydrogen-bond donors (Lipinski definition) is 0. The van der Waals surface area contributed by atoms with E-state index < -0.39 is 0 Å². The van der Waals surface area contributed by atoms with Crippen molar-refractivity contribution in [2.45, 2.75) is 87.0 Å². The molecule has 0 saturated carbocycles. The lowest BCUT2D eigenvalue weighted by molar-refractivity contribution is 0.476. The first kappa shape index (κ1) is 20.8. The van der Waals surface area contributed by atoms with Crippen molar-refractivity contribution in [2.24, 2.45) is 11.8 Å². The molecule has 0 amide bonds. The molecule has 1 atom stereocenters. The Balaban J connectivity index is 0. The summed E-state index contributed by atoms with van der Waals surface area (Å²) in [5.41, 5.74) is 3.04. The average molecular weight is 267 g/mol. The topological polar surface area (TPSA) is 0 Å². The van der Waals surface area contributed by atoms with Crippen LogP contribution in [0.1, 0.15) is 87.0 Å². The highest BCUT2D eigenvalue weighted by Crippen LogP contribution is 2.32. The molecule has 0 bridgehead atoms. The van der Waals surface area contributed by atoms with E-state index >= 15 is 0 Å². The van der Waals surface area contributed by atoms with Crippen molar-refractivity contribution >= 4 is 0 Å². The zero-order chi connectivity index (χ0) is 15.3. The third-order valence-corrected chi connectivity index (χ3v) is 3.28. The minimum absolute atomic E-state index is 0.755. The molecule has 0 fully saturated rings. The van der Waals surface area contributed by atoms with E-state index in [1.807, 2.05) is 27.7 Å². The highest BCUT2D eigenvalue weighted by molar-refractivity contribution is 5.23. The molecule has 19 heavy (non-hydrogen) atoms. The molecule has 0 N–H and O–H groups in total. The summed E-state index contributed by atoms with van der Waals surface area (Å²) in [6, 6.07) is 0. The second kappa shape index (κ2) is 13.9. The minimum Gasteiger partial charge on any atom is -0.0998 e. The van der Waals surface area contributed by atoms with E-state index in [9.17, 15) is 0 Å². The lowest BCUT2D eigenvalue weighted by atomic mass is 9.90. The summed E-state index contributed by atoms with van der Waals surface area (Å²) in [5, 5.41) is 0. The van der Waals surface area contributed by atoms with Crippen LogP contribution in [0.4, 0.5) is 0 Å². The van der Waals surface area contributed by atoms with Gasteiger partial charge >= 0.3 is 0 Å². The molecule has 0 heteroatoms. The highest BCUT2D eigenvalue weighted by atomic mass is 14.2. The first-order valence-electron chi connectivity index (χ1n) is 8.43. The van der Waals surface area contributed by atoms with Crippen LogP contribution in [0.5, 0.6) is 0 Å². The van der Waals surface area contributed by atoms with Gasteiger partial charge in [-0.2, -0.15) is 0 Å². The molecule has 0 aliphatic heterocycles. The second-order valence-electron chi connectivity index (χ2n) is 5.49. The molecule has 0 aromatic rings. The summed E-state index contributed by atoms with van der Waals surface area (Å²) >= 11 is 0. The van der Waals surface area contributed by atoms with Crippen molar-refractivity contribution < 1.29 is 0 Å². The predicted molar refractivity (Wildman–Crippen MR) is 91.6 cm³/mol. The van der Waals surface area contributed by atoms with Crippen LogP contribution in [0, 0.1) is 11.8 Å². The van der Waals surface area contributed by atoms with Gasteiger partial charge in [0.05, 0.1) is 0 Å². The lowest BCUT2D eigenvalue weighted by Crippen LogP contribution is -2.01. The molecular formula is C19H38. The molecule has 0 nitrogen and oxygen atoms in total. The summed E-state index contributed by atoms with van der Waals surface area (Å²) in [5.74, 6) is 1.62. The molecule has 0 aromatic carbocycles. The van der Waals surface area contributed by atoms with Gasteiger partial charge in [0.25, 0.3) is 0 Å². The van der Waals surface area contributed by atoms with Crippen molar-refractivity contribution in [3.63, 3.8) is 0 Å². The fraction of sp³-hybridized carbons (Fsp3) is 0.789. The van der Waals surface area contributed by atoms with Crippen LogP contribution in [0.3, 0.4) is 0 Å². The van der Waals surface area contributed by atoms with E-state index in [0.717, 1.165) is 11.8 Å². The van der Waals surface area contributed by atoms with Gasteiger partial charge in [-0.15, -0.1) is 0 Å². The molecule has 1 aliphatic carbocycles. The van der Waals surface area contributed by atoms with Crippen molar-refractivity contribution in [1.82, 2.24) is 0 Å². The lowest BCUT2D eigenvalue weighted by Gasteiger charge is -2.15. The molecule has 0 aromatic heterocycles. The molecule has 1 rings (SSSR count). The zero-order valence-corrected chi connectivity index (χ0v) is 14.7. The van der Waals surface area contributed by atoms with Crippen LogP contribution in [-0.2, 0) is 0 Å².